The molecule has 0 saturated heterocycles. The van der Waals surface area contributed by atoms with Gasteiger partial charge in [-0.05, 0) is 24.3 Å². The predicted octanol–water partition coefficient (Wildman–Crippen LogP) is 6.62. The van der Waals surface area contributed by atoms with Gasteiger partial charge in [-0.1, -0.05) is 69.6 Å². The molecular formula is C15H8Cl6O4. The molecule has 0 spiro atoms. The van der Waals surface area contributed by atoms with Crippen molar-refractivity contribution in [1.82, 2.24) is 0 Å². The lowest BCUT2D eigenvalue weighted by Crippen LogP contribution is -2.01. The molecule has 0 aliphatic heterocycles. The highest BCUT2D eigenvalue weighted by Crippen LogP contribution is 2.31. The van der Waals surface area contributed by atoms with Crippen molar-refractivity contribution in [1.29, 1.82) is 0 Å². The predicted molar refractivity (Wildman–Crippen MR) is 101 cm³/mol. The van der Waals surface area contributed by atoms with Gasteiger partial charge in [0.2, 0.25) is 0 Å². The largest absolute Gasteiger partial charge is 0.481 e. The monoisotopic (exact) mass is 462 g/mol. The molecule has 4 nitrogen and oxygen atoms in total. The molecule has 2 rings (SSSR count). The van der Waals surface area contributed by atoms with Crippen molar-refractivity contribution in [2.75, 3.05) is 0 Å². The highest BCUT2D eigenvalue weighted by Gasteiger charge is 2.15. The minimum Gasteiger partial charge on any atom is -0.481 e. The van der Waals surface area contributed by atoms with Crippen molar-refractivity contribution in [2.45, 2.75) is 6.42 Å². The Morgan fingerprint density at radius 2 is 1.28 bits per heavy atom. The summed E-state index contributed by atoms with van der Waals surface area (Å²) in [5, 5.41) is 18.4. The molecule has 0 aliphatic rings. The molecule has 2 N–H and O–H groups in total. The van der Waals surface area contributed by atoms with E-state index in [0.29, 0.717) is 10.6 Å². The van der Waals surface area contributed by atoms with Crippen molar-refractivity contribution in [3.63, 3.8) is 0 Å². The lowest BCUT2D eigenvalue weighted by atomic mass is 10.1. The molecule has 0 atom stereocenters. The fraction of sp³-hybridized carbons (Fsp3) is 0.0667. The van der Waals surface area contributed by atoms with Crippen LogP contribution in [-0.2, 0) is 11.2 Å². The Morgan fingerprint density at radius 1 is 0.800 bits per heavy atom. The molecule has 0 bridgehead atoms. The number of hydrogen-bond donors (Lipinski definition) is 2. The SMILES string of the molecule is O=C(O)Cc1c(Cl)cc(Cl)cc1Cl.O=C(O)c1c(Cl)ccc(Cl)c1Cl. The van der Waals surface area contributed by atoms with Crippen LogP contribution in [0.5, 0.6) is 0 Å². The first-order valence-electron chi connectivity index (χ1n) is 6.26. The topological polar surface area (TPSA) is 74.6 Å². The number of rotatable bonds is 3. The van der Waals surface area contributed by atoms with E-state index in [-0.39, 0.29) is 37.1 Å². The van der Waals surface area contributed by atoms with Crippen LogP contribution < -0.4 is 0 Å². The summed E-state index contributed by atoms with van der Waals surface area (Å²) in [6.45, 7) is 0. The summed E-state index contributed by atoms with van der Waals surface area (Å²) in [4.78, 5) is 21.0. The Kier molecular flexibility index (Phi) is 8.61. The summed E-state index contributed by atoms with van der Waals surface area (Å²) in [5.74, 6) is -2.17. The smallest absolute Gasteiger partial charge is 0.338 e. The van der Waals surface area contributed by atoms with Crippen molar-refractivity contribution >= 4 is 81.5 Å². The summed E-state index contributed by atoms with van der Waals surface area (Å²) in [6.07, 6.45) is -0.200. The third-order valence-corrected chi connectivity index (χ3v) is 4.70. The second-order valence-electron chi connectivity index (χ2n) is 4.44. The van der Waals surface area contributed by atoms with Crippen molar-refractivity contribution in [2.24, 2.45) is 0 Å². The van der Waals surface area contributed by atoms with E-state index in [4.69, 9.17) is 79.8 Å². The van der Waals surface area contributed by atoms with Crippen LogP contribution >= 0.6 is 69.6 Å². The van der Waals surface area contributed by atoms with Gasteiger partial charge in [-0.2, -0.15) is 0 Å². The van der Waals surface area contributed by atoms with E-state index in [1.165, 1.54) is 24.3 Å². The summed E-state index contributed by atoms with van der Waals surface area (Å²) in [6, 6.07) is 5.76. The molecule has 0 radical (unpaired) electrons. The molecule has 2 aromatic carbocycles. The summed E-state index contributed by atoms with van der Waals surface area (Å²) in [5.41, 5.74) is 0.228. The lowest BCUT2D eigenvalue weighted by molar-refractivity contribution is -0.136. The molecule has 0 fully saturated rings. The molecule has 0 aliphatic carbocycles. The van der Waals surface area contributed by atoms with Crippen molar-refractivity contribution in [3.05, 3.63) is 65.5 Å². The maximum absolute atomic E-state index is 10.6. The van der Waals surface area contributed by atoms with Gasteiger partial charge in [0.15, 0.2) is 0 Å². The summed E-state index contributed by atoms with van der Waals surface area (Å²) < 4.78 is 0. The van der Waals surface area contributed by atoms with Crippen LogP contribution in [0.2, 0.25) is 30.1 Å². The minimum absolute atomic E-state index is 0.0309. The van der Waals surface area contributed by atoms with E-state index in [0.717, 1.165) is 0 Å². The number of carboxylic acids is 2. The van der Waals surface area contributed by atoms with E-state index < -0.39 is 11.9 Å². The molecule has 134 valence electrons. The lowest BCUT2D eigenvalue weighted by Gasteiger charge is -2.04. The number of carboxylic acid groups (broad SMARTS) is 2. The average molecular weight is 465 g/mol. The van der Waals surface area contributed by atoms with E-state index in [9.17, 15) is 9.59 Å². The van der Waals surface area contributed by atoms with Gasteiger partial charge < -0.3 is 10.2 Å². The van der Waals surface area contributed by atoms with Crippen LogP contribution in [0.15, 0.2) is 24.3 Å². The molecule has 10 heteroatoms. The van der Waals surface area contributed by atoms with Gasteiger partial charge in [0, 0.05) is 20.6 Å². The molecule has 0 heterocycles. The van der Waals surface area contributed by atoms with Gasteiger partial charge in [0.05, 0.1) is 27.1 Å². The molecule has 0 amide bonds. The number of hydrogen-bond acceptors (Lipinski definition) is 2. The molecule has 0 unspecified atom stereocenters. The van der Waals surface area contributed by atoms with Crippen LogP contribution in [-0.4, -0.2) is 22.2 Å². The van der Waals surface area contributed by atoms with Crippen LogP contribution in [0.25, 0.3) is 0 Å². The molecule has 2 aromatic rings. The van der Waals surface area contributed by atoms with Gasteiger partial charge in [-0.25, -0.2) is 4.79 Å². The third-order valence-electron chi connectivity index (χ3n) is 2.69. The van der Waals surface area contributed by atoms with Crippen LogP contribution in [0.4, 0.5) is 0 Å². The van der Waals surface area contributed by atoms with E-state index >= 15 is 0 Å². The van der Waals surface area contributed by atoms with Gasteiger partial charge >= 0.3 is 11.9 Å². The highest BCUT2D eigenvalue weighted by molar-refractivity contribution is 6.46. The Hall–Kier alpha value is -0.880. The highest BCUT2D eigenvalue weighted by atomic mass is 35.5. The number of aliphatic carboxylic acids is 1. The normalized spacial score (nSPS) is 10.0. The maximum Gasteiger partial charge on any atom is 0.338 e. The Balaban J connectivity index is 0.000000251. The van der Waals surface area contributed by atoms with Gasteiger partial charge in [0.25, 0.3) is 0 Å². The van der Waals surface area contributed by atoms with E-state index in [1.807, 2.05) is 0 Å². The fourth-order valence-corrected chi connectivity index (χ4v) is 3.26. The second kappa shape index (κ2) is 9.72. The first-order valence-corrected chi connectivity index (χ1v) is 8.53. The van der Waals surface area contributed by atoms with E-state index in [2.05, 4.69) is 0 Å². The van der Waals surface area contributed by atoms with Crippen molar-refractivity contribution < 1.29 is 19.8 Å². The Bertz CT molecular complexity index is 799. The van der Waals surface area contributed by atoms with Gasteiger partial charge in [-0.15, -0.1) is 0 Å². The van der Waals surface area contributed by atoms with Gasteiger partial charge in [-0.3, -0.25) is 4.79 Å². The third kappa shape index (κ3) is 6.41. The molecule has 0 saturated carbocycles. The van der Waals surface area contributed by atoms with E-state index in [1.54, 1.807) is 0 Å². The minimum atomic E-state index is -1.19. The first-order chi connectivity index (χ1) is 11.5. The van der Waals surface area contributed by atoms with Crippen LogP contribution in [0, 0.1) is 0 Å². The molecule has 25 heavy (non-hydrogen) atoms. The number of benzene rings is 2. The number of halogens is 6. The Morgan fingerprint density at radius 3 is 1.68 bits per heavy atom. The summed E-state index contributed by atoms with van der Waals surface area (Å²) in [7, 11) is 0. The first kappa shape index (κ1) is 22.2. The number of carbonyl (C=O) groups is 2. The van der Waals surface area contributed by atoms with Crippen LogP contribution in [0.1, 0.15) is 15.9 Å². The molecule has 0 aromatic heterocycles. The summed E-state index contributed by atoms with van der Waals surface area (Å²) >= 11 is 33.9. The van der Waals surface area contributed by atoms with Crippen LogP contribution in [0.3, 0.4) is 0 Å². The zero-order chi connectivity index (χ0) is 19.3. The fourth-order valence-electron chi connectivity index (χ4n) is 1.62. The quantitative estimate of drug-likeness (QED) is 0.500. The maximum atomic E-state index is 10.6. The second-order valence-corrected chi connectivity index (χ2v) is 6.89. The standard InChI is InChI=1S/C8H5Cl3O2.C7H3Cl3O2/c9-4-1-6(10)5(3-8(12)13)7(11)2-4;8-3-1-2-4(9)6(10)5(3)7(11)12/h1-2H,3H2,(H,12,13);1-2H,(H,11,12). The zero-order valence-electron chi connectivity index (χ0n) is 12.0. The molecular weight excluding hydrogens is 457 g/mol. The average Bonchev–Trinajstić information content (AvgIpc) is 2.47. The Labute approximate surface area is 172 Å². The number of aromatic carboxylic acids is 1. The zero-order valence-corrected chi connectivity index (χ0v) is 16.5. The van der Waals surface area contributed by atoms with Gasteiger partial charge in [0.1, 0.15) is 0 Å². The van der Waals surface area contributed by atoms with Crippen molar-refractivity contribution in [3.8, 4) is 0 Å².